The zero-order chi connectivity index (χ0) is 15.5. The van der Waals surface area contributed by atoms with E-state index in [-0.39, 0.29) is 0 Å². The van der Waals surface area contributed by atoms with E-state index in [1.54, 1.807) is 22.3 Å². The fraction of sp³-hybridized carbons (Fsp3) is 0.0667. The predicted octanol–water partition coefficient (Wildman–Crippen LogP) is 2.69. The molecule has 1 N–H and O–H groups in total. The number of H-pyrrole nitrogens is 1. The van der Waals surface area contributed by atoms with Gasteiger partial charge in [-0.05, 0) is 40.8 Å². The molecule has 0 saturated heterocycles. The van der Waals surface area contributed by atoms with Gasteiger partial charge in [-0.1, -0.05) is 0 Å². The van der Waals surface area contributed by atoms with Gasteiger partial charge in [0.2, 0.25) is 0 Å². The molecule has 0 bridgehead atoms. The van der Waals surface area contributed by atoms with E-state index in [1.807, 2.05) is 48.1 Å². The smallest absolute Gasteiger partial charge is 0.143 e. The summed E-state index contributed by atoms with van der Waals surface area (Å²) in [6.45, 7) is 0.436. The lowest BCUT2D eigenvalue weighted by Crippen LogP contribution is -1.97. The van der Waals surface area contributed by atoms with E-state index < -0.39 is 0 Å². The Balaban J connectivity index is 1.41. The highest BCUT2D eigenvalue weighted by molar-refractivity contribution is 7.13. The number of nitrogens with zero attached hydrogens (tertiary/aromatic N) is 5. The number of benzene rings is 1. The summed E-state index contributed by atoms with van der Waals surface area (Å²) in [5.74, 6) is 0.776. The van der Waals surface area contributed by atoms with Crippen LogP contribution < -0.4 is 4.74 Å². The number of aromatic nitrogens is 6. The van der Waals surface area contributed by atoms with Gasteiger partial charge < -0.3 is 9.72 Å². The van der Waals surface area contributed by atoms with Crippen molar-refractivity contribution in [2.75, 3.05) is 0 Å². The molecule has 4 rings (SSSR count). The van der Waals surface area contributed by atoms with E-state index in [9.17, 15) is 0 Å². The molecule has 0 unspecified atom stereocenters. The first kappa shape index (κ1) is 13.6. The second-order valence-corrected chi connectivity index (χ2v) is 5.64. The molecule has 1 aromatic carbocycles. The minimum atomic E-state index is 0.436. The minimum absolute atomic E-state index is 0.436. The molecular weight excluding hydrogens is 312 g/mol. The van der Waals surface area contributed by atoms with Crippen LogP contribution in [-0.4, -0.2) is 30.2 Å². The van der Waals surface area contributed by atoms with Crippen LogP contribution in [0.25, 0.3) is 16.3 Å². The predicted molar refractivity (Wildman–Crippen MR) is 85.4 cm³/mol. The third-order valence-corrected chi connectivity index (χ3v) is 4.17. The Morgan fingerprint density at radius 2 is 2.09 bits per heavy atom. The second-order valence-electron chi connectivity index (χ2n) is 4.78. The first-order chi connectivity index (χ1) is 11.4. The summed E-state index contributed by atoms with van der Waals surface area (Å²) in [7, 11) is 0. The number of aromatic amines is 1. The molecule has 3 aromatic heterocycles. The molecule has 0 atom stereocenters. The normalized spacial score (nSPS) is 10.8. The summed E-state index contributed by atoms with van der Waals surface area (Å²) < 4.78 is 7.36. The summed E-state index contributed by atoms with van der Waals surface area (Å²) in [5, 5.41) is 14.1. The Bertz CT molecular complexity index is 867. The van der Waals surface area contributed by atoms with Gasteiger partial charge in [-0.3, -0.25) is 0 Å². The van der Waals surface area contributed by atoms with Crippen molar-refractivity contribution in [3.05, 3.63) is 60.1 Å². The summed E-state index contributed by atoms with van der Waals surface area (Å²) in [6.07, 6.45) is 5.37. The van der Waals surface area contributed by atoms with Crippen LogP contribution >= 0.6 is 11.3 Å². The average Bonchev–Trinajstić information content (AvgIpc) is 3.35. The third kappa shape index (κ3) is 2.97. The maximum Gasteiger partial charge on any atom is 0.143 e. The average molecular weight is 324 g/mol. The van der Waals surface area contributed by atoms with Crippen molar-refractivity contribution >= 4 is 11.3 Å². The van der Waals surface area contributed by atoms with Gasteiger partial charge in [0, 0.05) is 23.3 Å². The molecule has 0 aliphatic carbocycles. The highest BCUT2D eigenvalue weighted by atomic mass is 32.1. The Labute approximate surface area is 135 Å². The lowest BCUT2D eigenvalue weighted by atomic mass is 10.3. The van der Waals surface area contributed by atoms with E-state index in [2.05, 4.69) is 25.5 Å². The quantitative estimate of drug-likeness (QED) is 0.610. The number of hydrogen-bond donors (Lipinski definition) is 1. The molecule has 0 aliphatic heterocycles. The maximum absolute atomic E-state index is 5.77. The van der Waals surface area contributed by atoms with E-state index in [4.69, 9.17) is 4.74 Å². The Hall–Kier alpha value is -3.00. The summed E-state index contributed by atoms with van der Waals surface area (Å²) in [6, 6.07) is 9.57. The lowest BCUT2D eigenvalue weighted by molar-refractivity contribution is 0.302. The first-order valence-electron chi connectivity index (χ1n) is 6.92. The van der Waals surface area contributed by atoms with Crippen molar-refractivity contribution in [2.24, 2.45) is 0 Å². The van der Waals surface area contributed by atoms with Crippen LogP contribution in [0.15, 0.2) is 54.4 Å². The molecule has 7 nitrogen and oxygen atoms in total. The Kier molecular flexibility index (Phi) is 3.57. The molecular formula is C15H12N6OS. The van der Waals surface area contributed by atoms with Crippen LogP contribution in [0.4, 0.5) is 0 Å². The number of nitrogens with one attached hydrogen (secondary N) is 1. The number of thiazole rings is 1. The lowest BCUT2D eigenvalue weighted by Gasteiger charge is -2.05. The van der Waals surface area contributed by atoms with Crippen molar-refractivity contribution in [1.29, 1.82) is 0 Å². The van der Waals surface area contributed by atoms with Gasteiger partial charge in [0.25, 0.3) is 0 Å². The van der Waals surface area contributed by atoms with Crippen molar-refractivity contribution in [3.8, 4) is 22.0 Å². The van der Waals surface area contributed by atoms with Crippen LogP contribution in [0.3, 0.4) is 0 Å². The fourth-order valence-electron chi connectivity index (χ4n) is 2.09. The topological polar surface area (TPSA) is 81.5 Å². The van der Waals surface area contributed by atoms with Crippen LogP contribution in [0.2, 0.25) is 0 Å². The Morgan fingerprint density at radius 3 is 2.83 bits per heavy atom. The number of hydrogen-bond acceptors (Lipinski definition) is 6. The standard InChI is InChI=1S/C15H12N6OS/c1-3-14(4-2-13(1)21-10-17-19-20-21)22-8-12-9-23-15(18-12)11-5-6-16-7-11/h1-7,9-10,16H,8H2. The first-order valence-corrected chi connectivity index (χ1v) is 7.80. The fourth-order valence-corrected chi connectivity index (χ4v) is 2.90. The van der Waals surface area contributed by atoms with E-state index in [0.717, 1.165) is 27.7 Å². The van der Waals surface area contributed by atoms with E-state index in [1.165, 1.54) is 0 Å². The van der Waals surface area contributed by atoms with Crippen molar-refractivity contribution in [2.45, 2.75) is 6.61 Å². The van der Waals surface area contributed by atoms with Gasteiger partial charge in [-0.15, -0.1) is 16.4 Å². The van der Waals surface area contributed by atoms with Crippen LogP contribution in [0.5, 0.6) is 5.75 Å². The molecule has 0 radical (unpaired) electrons. The van der Waals surface area contributed by atoms with Gasteiger partial charge in [0.05, 0.1) is 11.4 Å². The molecule has 0 spiro atoms. The third-order valence-electron chi connectivity index (χ3n) is 3.23. The van der Waals surface area contributed by atoms with Gasteiger partial charge in [0.1, 0.15) is 23.7 Å². The van der Waals surface area contributed by atoms with E-state index in [0.29, 0.717) is 6.61 Å². The molecule has 0 fully saturated rings. The molecule has 23 heavy (non-hydrogen) atoms. The molecule has 0 amide bonds. The molecule has 3 heterocycles. The van der Waals surface area contributed by atoms with Crippen molar-refractivity contribution in [1.82, 2.24) is 30.2 Å². The summed E-state index contributed by atoms with van der Waals surface area (Å²) >= 11 is 1.61. The molecule has 8 heteroatoms. The van der Waals surface area contributed by atoms with Gasteiger partial charge in [0.15, 0.2) is 0 Å². The van der Waals surface area contributed by atoms with Crippen LogP contribution in [0.1, 0.15) is 5.69 Å². The minimum Gasteiger partial charge on any atom is -0.487 e. The summed E-state index contributed by atoms with van der Waals surface area (Å²) in [4.78, 5) is 7.60. The maximum atomic E-state index is 5.77. The number of tetrazole rings is 1. The van der Waals surface area contributed by atoms with E-state index >= 15 is 0 Å². The number of rotatable bonds is 5. The Morgan fingerprint density at radius 1 is 1.17 bits per heavy atom. The zero-order valence-electron chi connectivity index (χ0n) is 12.0. The molecule has 0 aliphatic rings. The monoisotopic (exact) mass is 324 g/mol. The van der Waals surface area contributed by atoms with Gasteiger partial charge in [-0.25, -0.2) is 9.67 Å². The van der Waals surface area contributed by atoms with Gasteiger partial charge >= 0.3 is 0 Å². The van der Waals surface area contributed by atoms with Crippen molar-refractivity contribution in [3.63, 3.8) is 0 Å². The molecule has 4 aromatic rings. The zero-order valence-corrected chi connectivity index (χ0v) is 12.8. The largest absolute Gasteiger partial charge is 0.487 e. The number of ether oxygens (including phenoxy) is 1. The van der Waals surface area contributed by atoms with Crippen LogP contribution in [0, 0.1) is 0 Å². The summed E-state index contributed by atoms with van der Waals surface area (Å²) in [5.41, 5.74) is 2.88. The second kappa shape index (κ2) is 6.01. The highest BCUT2D eigenvalue weighted by Crippen LogP contribution is 2.24. The SMILES string of the molecule is c1cc(-c2nc(COc3ccc(-n4cnnn4)cc3)cs2)c[nH]1. The molecule has 114 valence electrons. The van der Waals surface area contributed by atoms with Gasteiger partial charge in [-0.2, -0.15) is 0 Å². The van der Waals surface area contributed by atoms with Crippen LogP contribution in [-0.2, 0) is 6.61 Å². The molecule has 0 saturated carbocycles. The highest BCUT2D eigenvalue weighted by Gasteiger charge is 2.06. The van der Waals surface area contributed by atoms with Crippen molar-refractivity contribution < 1.29 is 4.74 Å².